The zero-order chi connectivity index (χ0) is 17.9. The van der Waals surface area contributed by atoms with Gasteiger partial charge in [-0.25, -0.2) is 8.42 Å². The molecule has 5 nitrogen and oxygen atoms in total. The number of carbonyl (C=O) groups is 1. The molecule has 26 heavy (non-hydrogen) atoms. The molecule has 1 fully saturated rings. The van der Waals surface area contributed by atoms with Crippen LogP contribution in [0.1, 0.15) is 28.8 Å². The Balaban J connectivity index is 0.00000243. The highest BCUT2D eigenvalue weighted by Gasteiger charge is 2.32. The topological polar surface area (TPSA) is 89.3 Å². The summed E-state index contributed by atoms with van der Waals surface area (Å²) in [5.41, 5.74) is 6.63. The van der Waals surface area contributed by atoms with Crippen LogP contribution in [0.4, 0.5) is 0 Å². The largest absolute Gasteiger partial charge is 0.348 e. The van der Waals surface area contributed by atoms with E-state index < -0.39 is 9.84 Å². The van der Waals surface area contributed by atoms with Crippen LogP contribution in [0.2, 0.25) is 0 Å². The number of benzene rings is 2. The number of hydrogen-bond acceptors (Lipinski definition) is 4. The Morgan fingerprint density at radius 3 is 2.31 bits per heavy atom. The van der Waals surface area contributed by atoms with Gasteiger partial charge in [0.1, 0.15) is 0 Å². The molecule has 0 bridgehead atoms. The molecule has 0 heterocycles. The lowest BCUT2D eigenvalue weighted by atomic mass is 10.1. The van der Waals surface area contributed by atoms with E-state index in [9.17, 15) is 13.2 Å². The molecule has 140 valence electrons. The zero-order valence-electron chi connectivity index (χ0n) is 14.3. The number of sulfone groups is 1. The first kappa shape index (κ1) is 20.4. The van der Waals surface area contributed by atoms with Gasteiger partial charge in [0.25, 0.3) is 5.91 Å². The lowest BCUT2D eigenvalue weighted by molar-refractivity contribution is 0.0933. The summed E-state index contributed by atoms with van der Waals surface area (Å²) in [6.07, 6.45) is 2.15. The number of carbonyl (C=O) groups excluding carboxylic acids is 1. The zero-order valence-corrected chi connectivity index (χ0v) is 15.9. The minimum Gasteiger partial charge on any atom is -0.348 e. The van der Waals surface area contributed by atoms with Crippen LogP contribution in [0.25, 0.3) is 0 Å². The highest BCUT2D eigenvalue weighted by molar-refractivity contribution is 7.90. The summed E-state index contributed by atoms with van der Waals surface area (Å²) in [7, 11) is -3.51. The average Bonchev–Trinajstić information content (AvgIpc) is 3.45. The van der Waals surface area contributed by atoms with Gasteiger partial charge in [0, 0.05) is 18.2 Å². The normalized spacial score (nSPS) is 15.0. The smallest absolute Gasteiger partial charge is 0.251 e. The van der Waals surface area contributed by atoms with Crippen LogP contribution in [0.15, 0.2) is 59.5 Å². The van der Waals surface area contributed by atoms with Gasteiger partial charge in [-0.05, 0) is 42.5 Å². The minimum absolute atomic E-state index is 0. The Morgan fingerprint density at radius 2 is 1.69 bits per heavy atom. The third-order valence-corrected chi connectivity index (χ3v) is 6.15. The van der Waals surface area contributed by atoms with E-state index in [2.05, 4.69) is 5.32 Å². The lowest BCUT2D eigenvalue weighted by Crippen LogP contribution is -2.42. The molecule has 1 amide bonds. The van der Waals surface area contributed by atoms with E-state index >= 15 is 0 Å². The number of rotatable bonds is 7. The summed E-state index contributed by atoms with van der Waals surface area (Å²) < 4.78 is 25.2. The maximum absolute atomic E-state index is 12.6. The van der Waals surface area contributed by atoms with E-state index in [1.807, 2.05) is 0 Å². The number of nitrogens with two attached hydrogens (primary N) is 1. The van der Waals surface area contributed by atoms with Crippen molar-refractivity contribution in [2.45, 2.75) is 29.5 Å². The SMILES string of the molecule is Cl.NCC(NC(=O)c1ccccc1CS(=O)(=O)c1ccccc1)C1CC1. The number of amides is 1. The highest BCUT2D eigenvalue weighted by atomic mass is 35.5. The first-order valence-corrected chi connectivity index (χ1v) is 10.0. The van der Waals surface area contributed by atoms with Gasteiger partial charge >= 0.3 is 0 Å². The molecule has 0 saturated heterocycles. The van der Waals surface area contributed by atoms with E-state index in [1.54, 1.807) is 54.6 Å². The Bertz CT molecular complexity index is 852. The standard InChI is InChI=1S/C19H22N2O3S.ClH/c20-12-18(14-10-11-14)21-19(22)17-9-5-4-6-15(17)13-25(23,24)16-7-2-1-3-8-16;/h1-9,14,18H,10-13,20H2,(H,21,22);1H. The second-order valence-electron chi connectivity index (χ2n) is 6.38. The van der Waals surface area contributed by atoms with E-state index in [0.29, 0.717) is 23.6 Å². The van der Waals surface area contributed by atoms with Crippen LogP contribution < -0.4 is 11.1 Å². The molecule has 1 unspecified atom stereocenters. The Kier molecular flexibility index (Phi) is 6.81. The highest BCUT2D eigenvalue weighted by Crippen LogP contribution is 2.32. The molecule has 0 aliphatic heterocycles. The van der Waals surface area contributed by atoms with Crippen molar-refractivity contribution in [1.82, 2.24) is 5.32 Å². The van der Waals surface area contributed by atoms with Gasteiger partial charge in [-0.1, -0.05) is 36.4 Å². The van der Waals surface area contributed by atoms with E-state index in [-0.39, 0.29) is 35.0 Å². The second-order valence-corrected chi connectivity index (χ2v) is 8.37. The predicted molar refractivity (Wildman–Crippen MR) is 104 cm³/mol. The van der Waals surface area contributed by atoms with Crippen molar-refractivity contribution in [2.75, 3.05) is 6.54 Å². The molecular formula is C19H23ClN2O3S. The minimum atomic E-state index is -3.51. The Hall–Kier alpha value is -1.89. The van der Waals surface area contributed by atoms with Crippen molar-refractivity contribution in [1.29, 1.82) is 0 Å². The monoisotopic (exact) mass is 394 g/mol. The number of nitrogens with one attached hydrogen (secondary N) is 1. The maximum Gasteiger partial charge on any atom is 0.251 e. The summed E-state index contributed by atoms with van der Waals surface area (Å²) in [5.74, 6) is -0.0347. The Labute approximate surface area is 160 Å². The van der Waals surface area contributed by atoms with Crippen LogP contribution in [0.3, 0.4) is 0 Å². The second kappa shape index (κ2) is 8.66. The van der Waals surface area contributed by atoms with Gasteiger partial charge in [0.05, 0.1) is 10.6 Å². The Morgan fingerprint density at radius 1 is 1.08 bits per heavy atom. The maximum atomic E-state index is 12.6. The van der Waals surface area contributed by atoms with Crippen LogP contribution in [-0.2, 0) is 15.6 Å². The molecule has 3 rings (SSSR count). The fourth-order valence-corrected chi connectivity index (χ4v) is 4.30. The van der Waals surface area contributed by atoms with Gasteiger partial charge in [-0.3, -0.25) is 4.79 Å². The fourth-order valence-electron chi connectivity index (χ4n) is 2.90. The molecule has 0 radical (unpaired) electrons. The lowest BCUT2D eigenvalue weighted by Gasteiger charge is -2.17. The summed E-state index contributed by atoms with van der Waals surface area (Å²) in [6.45, 7) is 0.390. The van der Waals surface area contributed by atoms with Gasteiger partial charge in [-0.15, -0.1) is 12.4 Å². The average molecular weight is 395 g/mol. The van der Waals surface area contributed by atoms with E-state index in [0.717, 1.165) is 12.8 Å². The van der Waals surface area contributed by atoms with E-state index in [4.69, 9.17) is 5.73 Å². The predicted octanol–water partition coefficient (Wildman–Crippen LogP) is 2.55. The third-order valence-electron chi connectivity index (χ3n) is 4.47. The summed E-state index contributed by atoms with van der Waals surface area (Å²) in [4.78, 5) is 12.9. The van der Waals surface area contributed by atoms with Crippen molar-refractivity contribution in [2.24, 2.45) is 11.7 Å². The van der Waals surface area contributed by atoms with Gasteiger partial charge in [-0.2, -0.15) is 0 Å². The van der Waals surface area contributed by atoms with Crippen LogP contribution in [0, 0.1) is 5.92 Å². The van der Waals surface area contributed by atoms with Crippen LogP contribution in [0.5, 0.6) is 0 Å². The van der Waals surface area contributed by atoms with Crippen molar-refractivity contribution in [3.05, 3.63) is 65.7 Å². The summed E-state index contributed by atoms with van der Waals surface area (Å²) in [5, 5.41) is 2.95. The van der Waals surface area contributed by atoms with Crippen LogP contribution >= 0.6 is 12.4 Å². The van der Waals surface area contributed by atoms with E-state index in [1.165, 1.54) is 0 Å². The fraction of sp³-hybridized carbons (Fsp3) is 0.316. The van der Waals surface area contributed by atoms with Gasteiger partial charge in [0.2, 0.25) is 0 Å². The molecule has 2 aromatic carbocycles. The van der Waals surface area contributed by atoms with Crippen molar-refractivity contribution in [3.63, 3.8) is 0 Å². The molecule has 2 aromatic rings. The molecule has 1 atom stereocenters. The molecule has 7 heteroatoms. The molecule has 0 spiro atoms. The van der Waals surface area contributed by atoms with Gasteiger partial charge in [0.15, 0.2) is 9.84 Å². The van der Waals surface area contributed by atoms with Crippen molar-refractivity contribution < 1.29 is 13.2 Å². The third kappa shape index (κ3) is 4.84. The molecule has 1 aliphatic rings. The van der Waals surface area contributed by atoms with Crippen molar-refractivity contribution in [3.8, 4) is 0 Å². The van der Waals surface area contributed by atoms with Gasteiger partial charge < -0.3 is 11.1 Å². The molecular weight excluding hydrogens is 372 g/mol. The first-order valence-electron chi connectivity index (χ1n) is 8.38. The quantitative estimate of drug-likeness (QED) is 0.755. The van der Waals surface area contributed by atoms with Crippen LogP contribution in [-0.4, -0.2) is 26.9 Å². The first-order chi connectivity index (χ1) is 12.0. The summed E-state index contributed by atoms with van der Waals surface area (Å²) in [6, 6.07) is 15.0. The number of hydrogen-bond donors (Lipinski definition) is 2. The number of halogens is 1. The molecule has 3 N–H and O–H groups in total. The molecule has 1 aliphatic carbocycles. The summed E-state index contributed by atoms with van der Waals surface area (Å²) >= 11 is 0. The molecule has 0 aromatic heterocycles. The molecule has 1 saturated carbocycles. The van der Waals surface area contributed by atoms with Crippen molar-refractivity contribution >= 4 is 28.2 Å².